The first-order valence-electron chi connectivity index (χ1n) is 3.91. The van der Waals surface area contributed by atoms with Crippen molar-refractivity contribution in [3.8, 4) is 11.5 Å². The van der Waals surface area contributed by atoms with E-state index in [-0.39, 0.29) is 11.5 Å². The van der Waals surface area contributed by atoms with Crippen molar-refractivity contribution in [1.82, 2.24) is 0 Å². The highest BCUT2D eigenvalue weighted by molar-refractivity contribution is 5.60. The first-order valence-corrected chi connectivity index (χ1v) is 3.91. The van der Waals surface area contributed by atoms with Gasteiger partial charge in [-0.05, 0) is 25.5 Å². The highest BCUT2D eigenvalue weighted by Crippen LogP contribution is 2.30. The Kier molecular flexibility index (Phi) is 2.43. The maximum Gasteiger partial charge on any atom is 0.139 e. The Bertz CT molecular complexity index is 284. The van der Waals surface area contributed by atoms with Gasteiger partial charge in [0.1, 0.15) is 11.5 Å². The summed E-state index contributed by atoms with van der Waals surface area (Å²) in [4.78, 5) is 0. The zero-order chi connectivity index (χ0) is 9.14. The van der Waals surface area contributed by atoms with E-state index in [4.69, 9.17) is 0 Å². The van der Waals surface area contributed by atoms with E-state index in [0.29, 0.717) is 11.3 Å². The Morgan fingerprint density at radius 2 is 1.92 bits per heavy atom. The van der Waals surface area contributed by atoms with Crippen molar-refractivity contribution in [3.05, 3.63) is 17.7 Å². The van der Waals surface area contributed by atoms with E-state index in [2.05, 4.69) is 5.32 Å². The van der Waals surface area contributed by atoms with Crippen LogP contribution < -0.4 is 5.32 Å². The number of phenols is 2. The van der Waals surface area contributed by atoms with Crippen LogP contribution in [0.3, 0.4) is 0 Å². The van der Waals surface area contributed by atoms with E-state index >= 15 is 0 Å². The molecule has 12 heavy (non-hydrogen) atoms. The first kappa shape index (κ1) is 8.71. The van der Waals surface area contributed by atoms with Gasteiger partial charge < -0.3 is 15.5 Å². The molecule has 0 amide bonds. The fraction of sp³-hybridized carbons (Fsp3) is 0.333. The van der Waals surface area contributed by atoms with Crippen LogP contribution in [0, 0.1) is 6.92 Å². The number of aromatic hydroxyl groups is 2. The van der Waals surface area contributed by atoms with Gasteiger partial charge in [-0.3, -0.25) is 0 Å². The molecule has 1 rings (SSSR count). The molecular weight excluding hydrogens is 154 g/mol. The van der Waals surface area contributed by atoms with Gasteiger partial charge in [-0.25, -0.2) is 0 Å². The number of phenolic OH excluding ortho intramolecular Hbond substituents is 2. The summed E-state index contributed by atoms with van der Waals surface area (Å²) in [5.41, 5.74) is 1.25. The van der Waals surface area contributed by atoms with Crippen molar-refractivity contribution in [2.24, 2.45) is 0 Å². The predicted octanol–water partition coefficient (Wildman–Crippen LogP) is 1.84. The zero-order valence-electron chi connectivity index (χ0n) is 7.26. The fourth-order valence-electron chi connectivity index (χ4n) is 1.01. The maximum atomic E-state index is 9.37. The molecule has 3 N–H and O–H groups in total. The summed E-state index contributed by atoms with van der Waals surface area (Å²) in [6, 6.07) is 3.06. The Labute approximate surface area is 71.7 Å². The van der Waals surface area contributed by atoms with Crippen LogP contribution >= 0.6 is 0 Å². The van der Waals surface area contributed by atoms with Crippen LogP contribution in [-0.2, 0) is 0 Å². The average molecular weight is 167 g/mol. The van der Waals surface area contributed by atoms with Gasteiger partial charge in [0.25, 0.3) is 0 Å². The maximum absolute atomic E-state index is 9.37. The molecule has 3 nitrogen and oxygen atoms in total. The van der Waals surface area contributed by atoms with E-state index in [1.807, 2.05) is 6.92 Å². The monoisotopic (exact) mass is 167 g/mol. The van der Waals surface area contributed by atoms with Crippen LogP contribution in [0.1, 0.15) is 12.5 Å². The molecule has 0 aliphatic rings. The molecule has 0 saturated heterocycles. The van der Waals surface area contributed by atoms with Crippen LogP contribution in [0.15, 0.2) is 12.1 Å². The molecule has 0 spiro atoms. The topological polar surface area (TPSA) is 52.5 Å². The van der Waals surface area contributed by atoms with Gasteiger partial charge in [0.2, 0.25) is 0 Å². The average Bonchev–Trinajstić information content (AvgIpc) is 2.01. The number of anilines is 1. The van der Waals surface area contributed by atoms with Crippen LogP contribution in [0.25, 0.3) is 0 Å². The lowest BCUT2D eigenvalue weighted by Gasteiger charge is -2.07. The van der Waals surface area contributed by atoms with E-state index in [1.54, 1.807) is 6.92 Å². The summed E-state index contributed by atoms with van der Waals surface area (Å²) < 4.78 is 0. The van der Waals surface area contributed by atoms with E-state index in [1.165, 1.54) is 12.1 Å². The molecule has 0 aromatic heterocycles. The Morgan fingerprint density at radius 3 is 2.50 bits per heavy atom. The van der Waals surface area contributed by atoms with Crippen molar-refractivity contribution in [2.45, 2.75) is 13.8 Å². The molecule has 1 aromatic rings. The second-order valence-electron chi connectivity index (χ2n) is 2.69. The van der Waals surface area contributed by atoms with Crippen molar-refractivity contribution >= 4 is 5.69 Å². The summed E-state index contributed by atoms with van der Waals surface area (Å²) in [7, 11) is 0. The fourth-order valence-corrected chi connectivity index (χ4v) is 1.01. The molecule has 0 saturated carbocycles. The third kappa shape index (κ3) is 1.61. The largest absolute Gasteiger partial charge is 0.508 e. The van der Waals surface area contributed by atoms with Crippen molar-refractivity contribution in [2.75, 3.05) is 11.9 Å². The highest BCUT2D eigenvalue weighted by atomic mass is 16.3. The van der Waals surface area contributed by atoms with Crippen LogP contribution in [0.2, 0.25) is 0 Å². The van der Waals surface area contributed by atoms with Crippen molar-refractivity contribution in [3.63, 3.8) is 0 Å². The highest BCUT2D eigenvalue weighted by Gasteiger charge is 2.03. The molecule has 0 radical (unpaired) electrons. The minimum Gasteiger partial charge on any atom is -0.508 e. The number of benzene rings is 1. The Morgan fingerprint density at radius 1 is 1.25 bits per heavy atom. The van der Waals surface area contributed by atoms with Gasteiger partial charge in [0.05, 0.1) is 5.69 Å². The number of aryl methyl sites for hydroxylation is 1. The lowest BCUT2D eigenvalue weighted by Crippen LogP contribution is -1.96. The Hall–Kier alpha value is -1.38. The molecule has 3 heteroatoms. The number of hydrogen-bond acceptors (Lipinski definition) is 3. The van der Waals surface area contributed by atoms with Crippen molar-refractivity contribution < 1.29 is 10.2 Å². The number of nitrogens with one attached hydrogen (secondary N) is 1. The summed E-state index contributed by atoms with van der Waals surface area (Å²) >= 11 is 0. The molecule has 66 valence electrons. The lowest BCUT2D eigenvalue weighted by atomic mass is 10.2. The van der Waals surface area contributed by atoms with Crippen LogP contribution in [0.4, 0.5) is 5.69 Å². The molecule has 0 atom stereocenters. The molecule has 0 fully saturated rings. The number of hydrogen-bond donors (Lipinski definition) is 3. The summed E-state index contributed by atoms with van der Waals surface area (Å²) in [5, 5.41) is 21.6. The normalized spacial score (nSPS) is 9.83. The van der Waals surface area contributed by atoms with Gasteiger partial charge in [-0.15, -0.1) is 0 Å². The van der Waals surface area contributed by atoms with Gasteiger partial charge >= 0.3 is 0 Å². The minimum absolute atomic E-state index is 0.173. The molecule has 1 aromatic carbocycles. The molecular formula is C9H13NO2. The number of rotatable bonds is 2. The van der Waals surface area contributed by atoms with Crippen molar-refractivity contribution in [1.29, 1.82) is 0 Å². The van der Waals surface area contributed by atoms with Gasteiger partial charge in [0.15, 0.2) is 0 Å². The summed E-state index contributed by atoms with van der Waals surface area (Å²) in [6.07, 6.45) is 0. The SMILES string of the molecule is CCNc1cc(O)c(C)cc1O. The quantitative estimate of drug-likeness (QED) is 0.465. The molecule has 0 aliphatic carbocycles. The zero-order valence-corrected chi connectivity index (χ0v) is 7.26. The molecule has 0 aliphatic heterocycles. The standard InChI is InChI=1S/C9H13NO2/c1-3-10-7-5-8(11)6(2)4-9(7)12/h4-5,10-12H,3H2,1-2H3. The van der Waals surface area contributed by atoms with Gasteiger partial charge in [-0.1, -0.05) is 0 Å². The predicted molar refractivity (Wildman–Crippen MR) is 48.7 cm³/mol. The van der Waals surface area contributed by atoms with E-state index in [9.17, 15) is 10.2 Å². The lowest BCUT2D eigenvalue weighted by molar-refractivity contribution is 0.458. The van der Waals surface area contributed by atoms with E-state index < -0.39 is 0 Å². The van der Waals surface area contributed by atoms with Crippen LogP contribution in [-0.4, -0.2) is 16.8 Å². The summed E-state index contributed by atoms with van der Waals surface area (Å²) in [5.74, 6) is 0.371. The third-order valence-corrected chi connectivity index (χ3v) is 1.68. The second-order valence-corrected chi connectivity index (χ2v) is 2.69. The Balaban J connectivity index is 3.05. The first-order chi connectivity index (χ1) is 5.65. The molecule has 0 unspecified atom stereocenters. The molecule has 0 heterocycles. The minimum atomic E-state index is 0.173. The summed E-state index contributed by atoms with van der Waals surface area (Å²) in [6.45, 7) is 4.39. The van der Waals surface area contributed by atoms with Gasteiger partial charge in [0, 0.05) is 12.6 Å². The van der Waals surface area contributed by atoms with E-state index in [0.717, 1.165) is 6.54 Å². The molecule has 0 bridgehead atoms. The second kappa shape index (κ2) is 3.34. The smallest absolute Gasteiger partial charge is 0.139 e. The van der Waals surface area contributed by atoms with Gasteiger partial charge in [-0.2, -0.15) is 0 Å². The van der Waals surface area contributed by atoms with Crippen LogP contribution in [0.5, 0.6) is 11.5 Å². The third-order valence-electron chi connectivity index (χ3n) is 1.68.